The Morgan fingerprint density at radius 3 is 1.19 bits per heavy atom. The molecule has 0 aliphatic heterocycles. The molecule has 2 atom stereocenters. The van der Waals surface area contributed by atoms with E-state index in [1.807, 2.05) is 0 Å². The molecular formula is C20H18O6. The van der Waals surface area contributed by atoms with Crippen molar-refractivity contribution in [1.82, 2.24) is 0 Å². The molecular weight excluding hydrogens is 336 g/mol. The molecule has 2 aromatic rings. The van der Waals surface area contributed by atoms with E-state index in [1.54, 1.807) is 36.4 Å². The Balaban J connectivity index is 2.44. The number of benzene rings is 2. The summed E-state index contributed by atoms with van der Waals surface area (Å²) in [7, 11) is 0. The molecule has 2 unspecified atom stereocenters. The minimum Gasteiger partial charge on any atom is -0.450 e. The zero-order valence-corrected chi connectivity index (χ0v) is 14.4. The largest absolute Gasteiger partial charge is 0.450 e. The fourth-order valence-corrected chi connectivity index (χ4v) is 2.40. The first-order chi connectivity index (χ1) is 12.4. The van der Waals surface area contributed by atoms with Gasteiger partial charge in [-0.15, -0.1) is 0 Å². The fraction of sp³-hybridized carbons (Fsp3) is 0.200. The SMILES string of the molecule is CC(=O)OC(C(=O)c1ccccc1)C(OC(C)=O)C(=O)c1ccccc1. The Morgan fingerprint density at radius 2 is 0.923 bits per heavy atom. The van der Waals surface area contributed by atoms with Crippen LogP contribution in [0.1, 0.15) is 34.6 Å². The first-order valence-electron chi connectivity index (χ1n) is 7.93. The molecule has 0 aliphatic carbocycles. The van der Waals surface area contributed by atoms with Crippen LogP contribution in [0.3, 0.4) is 0 Å². The summed E-state index contributed by atoms with van der Waals surface area (Å²) in [5.41, 5.74) is 0.466. The lowest BCUT2D eigenvalue weighted by molar-refractivity contribution is -0.158. The van der Waals surface area contributed by atoms with Crippen molar-refractivity contribution < 1.29 is 28.7 Å². The zero-order chi connectivity index (χ0) is 19.1. The molecule has 6 nitrogen and oxygen atoms in total. The van der Waals surface area contributed by atoms with Gasteiger partial charge in [-0.25, -0.2) is 0 Å². The lowest BCUT2D eigenvalue weighted by Crippen LogP contribution is -2.45. The lowest BCUT2D eigenvalue weighted by atomic mass is 9.96. The van der Waals surface area contributed by atoms with Gasteiger partial charge < -0.3 is 9.47 Å². The Kier molecular flexibility index (Phi) is 6.38. The summed E-state index contributed by atoms with van der Waals surface area (Å²) in [6.07, 6.45) is -3.15. The van der Waals surface area contributed by atoms with Crippen molar-refractivity contribution >= 4 is 23.5 Å². The molecule has 0 N–H and O–H groups in total. The maximum absolute atomic E-state index is 12.8. The second kappa shape index (κ2) is 8.71. The summed E-state index contributed by atoms with van der Waals surface area (Å²) in [6, 6.07) is 16.1. The van der Waals surface area contributed by atoms with Gasteiger partial charge in [-0.3, -0.25) is 19.2 Å². The third-order valence-electron chi connectivity index (χ3n) is 3.49. The van der Waals surface area contributed by atoms with Gasteiger partial charge in [-0.1, -0.05) is 60.7 Å². The molecule has 0 aliphatic rings. The molecule has 26 heavy (non-hydrogen) atoms. The maximum Gasteiger partial charge on any atom is 0.303 e. The van der Waals surface area contributed by atoms with E-state index in [0.717, 1.165) is 13.8 Å². The standard InChI is InChI=1S/C20H18O6/c1-13(21)25-19(17(23)15-9-5-3-6-10-15)20(26-14(2)22)18(24)16-11-7-4-8-12-16/h3-12,19-20H,1-2H3. The number of hydrogen-bond donors (Lipinski definition) is 0. The molecule has 0 radical (unpaired) electrons. The number of carbonyl (C=O) groups excluding carboxylic acids is 4. The van der Waals surface area contributed by atoms with Gasteiger partial charge in [0.05, 0.1) is 0 Å². The van der Waals surface area contributed by atoms with E-state index < -0.39 is 35.7 Å². The summed E-state index contributed by atoms with van der Waals surface area (Å²) in [6.45, 7) is 2.23. The number of ether oxygens (including phenoxy) is 2. The number of rotatable bonds is 7. The van der Waals surface area contributed by atoms with Gasteiger partial charge in [0.25, 0.3) is 0 Å². The molecule has 134 valence electrons. The van der Waals surface area contributed by atoms with Crippen LogP contribution >= 0.6 is 0 Å². The van der Waals surface area contributed by atoms with E-state index in [-0.39, 0.29) is 11.1 Å². The lowest BCUT2D eigenvalue weighted by Gasteiger charge is -2.24. The molecule has 0 saturated carbocycles. The van der Waals surface area contributed by atoms with Gasteiger partial charge in [0.1, 0.15) is 0 Å². The highest BCUT2D eigenvalue weighted by atomic mass is 16.6. The molecule has 0 amide bonds. The highest BCUT2D eigenvalue weighted by Gasteiger charge is 2.39. The van der Waals surface area contributed by atoms with E-state index in [2.05, 4.69) is 0 Å². The monoisotopic (exact) mass is 354 g/mol. The van der Waals surface area contributed by atoms with Crippen molar-refractivity contribution in [1.29, 1.82) is 0 Å². The third-order valence-corrected chi connectivity index (χ3v) is 3.49. The van der Waals surface area contributed by atoms with E-state index in [9.17, 15) is 19.2 Å². The average molecular weight is 354 g/mol. The fourth-order valence-electron chi connectivity index (χ4n) is 2.40. The molecule has 0 bridgehead atoms. The Labute approximate surface area is 150 Å². The molecule has 2 rings (SSSR count). The van der Waals surface area contributed by atoms with Gasteiger partial charge >= 0.3 is 11.9 Å². The molecule has 0 heterocycles. The van der Waals surface area contributed by atoms with Gasteiger partial charge in [0, 0.05) is 25.0 Å². The van der Waals surface area contributed by atoms with Gasteiger partial charge in [0.15, 0.2) is 0 Å². The number of ketones is 2. The smallest absolute Gasteiger partial charge is 0.303 e. The average Bonchev–Trinajstić information content (AvgIpc) is 2.64. The Hall–Kier alpha value is -3.28. The normalized spacial score (nSPS) is 12.5. The van der Waals surface area contributed by atoms with E-state index in [0.29, 0.717) is 0 Å². The molecule has 0 aromatic heterocycles. The van der Waals surface area contributed by atoms with Crippen molar-refractivity contribution in [2.45, 2.75) is 26.1 Å². The van der Waals surface area contributed by atoms with Crippen LogP contribution in [0.25, 0.3) is 0 Å². The second-order valence-electron chi connectivity index (χ2n) is 5.52. The summed E-state index contributed by atoms with van der Waals surface area (Å²) in [5.74, 6) is -2.79. The predicted octanol–water partition coefficient (Wildman–Crippen LogP) is 2.62. The van der Waals surface area contributed by atoms with E-state index in [4.69, 9.17) is 9.47 Å². The van der Waals surface area contributed by atoms with Crippen molar-refractivity contribution in [2.75, 3.05) is 0 Å². The zero-order valence-electron chi connectivity index (χ0n) is 14.4. The van der Waals surface area contributed by atoms with Crippen LogP contribution in [0.15, 0.2) is 60.7 Å². The highest BCUT2D eigenvalue weighted by molar-refractivity contribution is 6.08. The first kappa shape index (κ1) is 19.1. The Bertz CT molecular complexity index is 728. The maximum atomic E-state index is 12.8. The van der Waals surface area contributed by atoms with Crippen molar-refractivity contribution in [2.24, 2.45) is 0 Å². The van der Waals surface area contributed by atoms with Crippen LogP contribution in [0.5, 0.6) is 0 Å². The van der Waals surface area contributed by atoms with Crippen LogP contribution in [0.4, 0.5) is 0 Å². The summed E-state index contributed by atoms with van der Waals surface area (Å²) in [5, 5.41) is 0. The van der Waals surface area contributed by atoms with Gasteiger partial charge in [-0.2, -0.15) is 0 Å². The molecule has 0 saturated heterocycles. The summed E-state index contributed by atoms with van der Waals surface area (Å²) in [4.78, 5) is 48.7. The Morgan fingerprint density at radius 1 is 0.615 bits per heavy atom. The number of hydrogen-bond acceptors (Lipinski definition) is 6. The molecule has 2 aromatic carbocycles. The molecule has 0 spiro atoms. The third kappa shape index (κ3) is 4.86. The number of esters is 2. The van der Waals surface area contributed by atoms with Crippen LogP contribution in [-0.4, -0.2) is 35.7 Å². The molecule has 0 fully saturated rings. The minimum atomic E-state index is -1.58. The van der Waals surface area contributed by atoms with Gasteiger partial charge in [0.2, 0.25) is 23.8 Å². The van der Waals surface area contributed by atoms with Crippen LogP contribution in [0, 0.1) is 0 Å². The predicted molar refractivity (Wildman–Crippen MR) is 92.7 cm³/mol. The minimum absolute atomic E-state index is 0.233. The van der Waals surface area contributed by atoms with E-state index in [1.165, 1.54) is 24.3 Å². The molecule has 6 heteroatoms. The van der Waals surface area contributed by atoms with Crippen LogP contribution in [-0.2, 0) is 19.1 Å². The van der Waals surface area contributed by atoms with E-state index >= 15 is 0 Å². The highest BCUT2D eigenvalue weighted by Crippen LogP contribution is 2.18. The van der Waals surface area contributed by atoms with Crippen LogP contribution in [0.2, 0.25) is 0 Å². The number of carbonyl (C=O) groups is 4. The quantitative estimate of drug-likeness (QED) is 0.561. The van der Waals surface area contributed by atoms with Crippen molar-refractivity contribution in [3.8, 4) is 0 Å². The van der Waals surface area contributed by atoms with Crippen molar-refractivity contribution in [3.05, 3.63) is 71.8 Å². The number of Topliss-reactive ketones (excluding diaryl/α,β-unsaturated/α-hetero) is 2. The van der Waals surface area contributed by atoms with Crippen LogP contribution < -0.4 is 0 Å². The summed E-state index contributed by atoms with van der Waals surface area (Å²) < 4.78 is 10.2. The summed E-state index contributed by atoms with van der Waals surface area (Å²) >= 11 is 0. The second-order valence-corrected chi connectivity index (χ2v) is 5.52. The van der Waals surface area contributed by atoms with Gasteiger partial charge in [-0.05, 0) is 0 Å². The van der Waals surface area contributed by atoms with Crippen molar-refractivity contribution in [3.63, 3.8) is 0 Å². The topological polar surface area (TPSA) is 86.7 Å². The first-order valence-corrected chi connectivity index (χ1v) is 7.93.